The van der Waals surface area contributed by atoms with Crippen LogP contribution in [0.4, 0.5) is 15.8 Å². The van der Waals surface area contributed by atoms with Crippen molar-refractivity contribution < 1.29 is 13.9 Å². The molecule has 8 nitrogen and oxygen atoms in total. The molecule has 0 aliphatic carbocycles. The van der Waals surface area contributed by atoms with Crippen molar-refractivity contribution in [3.63, 3.8) is 0 Å². The van der Waals surface area contributed by atoms with Gasteiger partial charge in [-0.3, -0.25) is 9.89 Å². The first kappa shape index (κ1) is 20.2. The van der Waals surface area contributed by atoms with Crippen LogP contribution in [0.2, 0.25) is 0 Å². The number of carbonyl (C=O) groups is 1. The molecule has 5 rings (SSSR count). The third kappa shape index (κ3) is 3.82. The van der Waals surface area contributed by atoms with E-state index in [4.69, 9.17) is 4.74 Å². The molecule has 1 amide bonds. The average molecular weight is 434 g/mol. The number of anilines is 2. The minimum atomic E-state index is -0.302. The summed E-state index contributed by atoms with van der Waals surface area (Å²) < 4.78 is 19.8. The van der Waals surface area contributed by atoms with Crippen LogP contribution in [0.3, 0.4) is 0 Å². The Labute approximate surface area is 183 Å². The normalized spacial score (nSPS) is 14.2. The Morgan fingerprint density at radius 2 is 1.97 bits per heavy atom. The number of carbonyl (C=O) groups excluding carboxylic acids is 1. The van der Waals surface area contributed by atoms with Crippen LogP contribution in [0.25, 0.3) is 22.3 Å². The van der Waals surface area contributed by atoms with Gasteiger partial charge in [0.2, 0.25) is 0 Å². The minimum absolute atomic E-state index is 0.298. The van der Waals surface area contributed by atoms with E-state index in [9.17, 15) is 9.18 Å². The second-order valence-corrected chi connectivity index (χ2v) is 7.92. The van der Waals surface area contributed by atoms with Crippen molar-refractivity contribution in [2.75, 3.05) is 36.5 Å². The van der Waals surface area contributed by atoms with Crippen LogP contribution in [0.15, 0.2) is 36.5 Å². The molecule has 1 aromatic carbocycles. The van der Waals surface area contributed by atoms with Crippen LogP contribution >= 0.6 is 0 Å². The number of benzene rings is 1. The van der Waals surface area contributed by atoms with Crippen molar-refractivity contribution in [3.8, 4) is 11.3 Å². The molecule has 1 fully saturated rings. The van der Waals surface area contributed by atoms with Gasteiger partial charge in [-0.25, -0.2) is 9.37 Å². The number of nitrogens with one attached hydrogen (secondary N) is 3. The Hall–Kier alpha value is -3.72. The standard InChI is InChI=1S/C23H23FN6O2/c1-13-14(2)28-29-21(13)23(31)26-18-8-16-10-20(27-22(16)25-12-18)15-7-17(24)11-19(9-15)30-3-5-32-6-4-30/h7-12H,3-6H2,1-2H3,(H,25,27)(H,26,31)(H,28,29). The zero-order chi connectivity index (χ0) is 22.2. The highest BCUT2D eigenvalue weighted by Crippen LogP contribution is 2.29. The van der Waals surface area contributed by atoms with Gasteiger partial charge in [-0.05, 0) is 44.2 Å². The maximum Gasteiger partial charge on any atom is 0.276 e. The highest BCUT2D eigenvalue weighted by atomic mass is 19.1. The van der Waals surface area contributed by atoms with Gasteiger partial charge >= 0.3 is 0 Å². The Kier molecular flexibility index (Phi) is 5.10. The van der Waals surface area contributed by atoms with Crippen LogP contribution in [0.1, 0.15) is 21.7 Å². The number of ether oxygens (including phenoxy) is 1. The number of morpholine rings is 1. The Morgan fingerprint density at radius 3 is 2.72 bits per heavy atom. The van der Waals surface area contributed by atoms with E-state index in [1.807, 2.05) is 32.0 Å². The summed E-state index contributed by atoms with van der Waals surface area (Å²) >= 11 is 0. The zero-order valence-electron chi connectivity index (χ0n) is 17.8. The predicted molar refractivity (Wildman–Crippen MR) is 121 cm³/mol. The molecule has 1 aliphatic rings. The molecule has 1 aliphatic heterocycles. The maximum atomic E-state index is 14.4. The fourth-order valence-electron chi connectivity index (χ4n) is 3.87. The van der Waals surface area contributed by atoms with Crippen LogP contribution in [-0.4, -0.2) is 52.4 Å². The zero-order valence-corrected chi connectivity index (χ0v) is 17.8. The first-order chi connectivity index (χ1) is 15.5. The van der Waals surface area contributed by atoms with E-state index >= 15 is 0 Å². The number of H-pyrrole nitrogens is 2. The van der Waals surface area contributed by atoms with Crippen molar-refractivity contribution in [2.45, 2.75) is 13.8 Å². The molecular weight excluding hydrogens is 411 g/mol. The number of rotatable bonds is 4. The summed E-state index contributed by atoms with van der Waals surface area (Å²) in [5, 5.41) is 10.5. The molecule has 0 spiro atoms. The van der Waals surface area contributed by atoms with E-state index in [0.717, 1.165) is 46.7 Å². The van der Waals surface area contributed by atoms with E-state index in [-0.39, 0.29) is 11.7 Å². The highest BCUT2D eigenvalue weighted by molar-refractivity contribution is 6.04. The molecule has 32 heavy (non-hydrogen) atoms. The minimum Gasteiger partial charge on any atom is -0.378 e. The van der Waals surface area contributed by atoms with Crippen LogP contribution in [0, 0.1) is 19.7 Å². The van der Waals surface area contributed by atoms with E-state index in [1.54, 1.807) is 12.3 Å². The molecule has 164 valence electrons. The number of aromatic amines is 2. The molecule has 4 heterocycles. The molecule has 3 N–H and O–H groups in total. The molecule has 1 saturated heterocycles. The lowest BCUT2D eigenvalue weighted by Gasteiger charge is -2.29. The van der Waals surface area contributed by atoms with Crippen molar-refractivity contribution >= 4 is 28.3 Å². The Morgan fingerprint density at radius 1 is 1.16 bits per heavy atom. The second-order valence-electron chi connectivity index (χ2n) is 7.92. The number of aryl methyl sites for hydroxylation is 1. The lowest BCUT2D eigenvalue weighted by molar-refractivity contribution is 0.102. The molecule has 9 heteroatoms. The molecule has 4 aromatic rings. The van der Waals surface area contributed by atoms with Gasteiger partial charge in [0.1, 0.15) is 11.5 Å². The lowest BCUT2D eigenvalue weighted by Crippen LogP contribution is -2.36. The third-order valence-electron chi connectivity index (χ3n) is 5.77. The van der Waals surface area contributed by atoms with Gasteiger partial charge in [-0.2, -0.15) is 5.10 Å². The molecule has 0 atom stereocenters. The first-order valence-electron chi connectivity index (χ1n) is 10.4. The van der Waals surface area contributed by atoms with Gasteiger partial charge in [0, 0.05) is 46.7 Å². The first-order valence-corrected chi connectivity index (χ1v) is 10.4. The quantitative estimate of drug-likeness (QED) is 0.454. The number of halogens is 1. The maximum absolute atomic E-state index is 14.4. The van der Waals surface area contributed by atoms with Crippen LogP contribution in [0.5, 0.6) is 0 Å². The van der Waals surface area contributed by atoms with Crippen molar-refractivity contribution in [3.05, 3.63) is 59.3 Å². The molecule has 0 radical (unpaired) electrons. The summed E-state index contributed by atoms with van der Waals surface area (Å²) in [5.41, 5.74) is 5.54. The third-order valence-corrected chi connectivity index (χ3v) is 5.77. The number of hydrogen-bond acceptors (Lipinski definition) is 5. The van der Waals surface area contributed by atoms with Crippen LogP contribution in [-0.2, 0) is 4.74 Å². The molecule has 0 unspecified atom stereocenters. The Balaban J connectivity index is 1.42. The van der Waals surface area contributed by atoms with Gasteiger partial charge in [0.25, 0.3) is 5.91 Å². The van der Waals surface area contributed by atoms with E-state index in [2.05, 4.69) is 30.4 Å². The smallest absolute Gasteiger partial charge is 0.276 e. The summed E-state index contributed by atoms with van der Waals surface area (Å²) in [7, 11) is 0. The lowest BCUT2D eigenvalue weighted by atomic mass is 10.1. The summed E-state index contributed by atoms with van der Waals surface area (Å²) in [6, 6.07) is 8.74. The van der Waals surface area contributed by atoms with Crippen molar-refractivity contribution in [1.82, 2.24) is 20.2 Å². The fourth-order valence-corrected chi connectivity index (χ4v) is 3.87. The number of fused-ring (bicyclic) bond motifs is 1. The molecule has 0 saturated carbocycles. The highest BCUT2D eigenvalue weighted by Gasteiger charge is 2.17. The molecule has 3 aromatic heterocycles. The summed E-state index contributed by atoms with van der Waals surface area (Å²) in [6.45, 7) is 6.44. The average Bonchev–Trinajstić information content (AvgIpc) is 3.37. The largest absolute Gasteiger partial charge is 0.378 e. The topological polar surface area (TPSA) is 98.9 Å². The van der Waals surface area contributed by atoms with Crippen LogP contribution < -0.4 is 10.2 Å². The number of pyridine rings is 1. The van der Waals surface area contributed by atoms with Gasteiger partial charge in [0.05, 0.1) is 25.1 Å². The van der Waals surface area contributed by atoms with E-state index < -0.39 is 0 Å². The van der Waals surface area contributed by atoms with Gasteiger partial charge in [-0.15, -0.1) is 0 Å². The molecular formula is C23H23FN6O2. The summed E-state index contributed by atoms with van der Waals surface area (Å²) in [6.07, 6.45) is 1.58. The number of aromatic nitrogens is 4. The molecule has 0 bridgehead atoms. The number of nitrogens with zero attached hydrogens (tertiary/aromatic N) is 3. The number of hydrogen-bond donors (Lipinski definition) is 3. The summed E-state index contributed by atoms with van der Waals surface area (Å²) in [4.78, 5) is 22.3. The van der Waals surface area contributed by atoms with E-state index in [1.165, 1.54) is 6.07 Å². The SMILES string of the molecule is Cc1[nH]nc(C(=O)Nc2cnc3[nH]c(-c4cc(F)cc(N5CCOCC5)c4)cc3c2)c1C. The predicted octanol–water partition coefficient (Wildman–Crippen LogP) is 3.80. The van der Waals surface area contributed by atoms with Crippen molar-refractivity contribution in [1.29, 1.82) is 0 Å². The Bertz CT molecular complexity index is 1310. The van der Waals surface area contributed by atoms with Gasteiger partial charge < -0.3 is 19.9 Å². The van der Waals surface area contributed by atoms with Gasteiger partial charge in [-0.1, -0.05) is 0 Å². The number of amides is 1. The van der Waals surface area contributed by atoms with Crippen molar-refractivity contribution in [2.24, 2.45) is 0 Å². The second kappa shape index (κ2) is 8.08. The van der Waals surface area contributed by atoms with Gasteiger partial charge in [0.15, 0.2) is 5.69 Å². The summed E-state index contributed by atoms with van der Waals surface area (Å²) in [5.74, 6) is -0.600. The fraction of sp³-hybridized carbons (Fsp3) is 0.261. The van der Waals surface area contributed by atoms with E-state index in [0.29, 0.717) is 30.2 Å². The monoisotopic (exact) mass is 434 g/mol.